The largest absolute Gasteiger partial charge is 0.373 e. The molecule has 0 spiro atoms. The van der Waals surface area contributed by atoms with Crippen LogP contribution in [-0.4, -0.2) is 24.9 Å². The molecule has 0 saturated carbocycles. The normalized spacial score (nSPS) is 9.00. The molecule has 0 saturated heterocycles. The van der Waals surface area contributed by atoms with E-state index < -0.39 is 0 Å². The van der Waals surface area contributed by atoms with Crippen molar-refractivity contribution >= 4 is 28.0 Å². The number of nitrogens with zero attached hydrogens (tertiary/aromatic N) is 1. The summed E-state index contributed by atoms with van der Waals surface area (Å²) in [4.78, 5) is 14.2. The van der Waals surface area contributed by atoms with Crippen LogP contribution in [0, 0.1) is 0 Å². The molecular weight excluding hydrogens is 272 g/mol. The molecule has 0 aliphatic carbocycles. The highest BCUT2D eigenvalue weighted by Crippen LogP contribution is 2.18. The van der Waals surface area contributed by atoms with Crippen LogP contribution in [0.15, 0.2) is 16.7 Å². The molecular formula is C11H17BrN2O2. The summed E-state index contributed by atoms with van der Waals surface area (Å²) >= 11 is 3.32. The van der Waals surface area contributed by atoms with Crippen LogP contribution < -0.4 is 5.32 Å². The molecule has 1 aromatic heterocycles. The maximum Gasteiger partial charge on any atom is 0.145 e. The second-order valence-corrected chi connectivity index (χ2v) is 3.51. The Bertz CT molecular complexity index is 319. The second kappa shape index (κ2) is 9.30. The lowest BCUT2D eigenvalue weighted by Gasteiger charge is -2.07. The van der Waals surface area contributed by atoms with Crippen LogP contribution in [0.2, 0.25) is 0 Å². The van der Waals surface area contributed by atoms with Gasteiger partial charge >= 0.3 is 0 Å². The van der Waals surface area contributed by atoms with E-state index in [1.807, 2.05) is 19.9 Å². The summed E-state index contributed by atoms with van der Waals surface area (Å²) in [6.45, 7) is 4.48. The van der Waals surface area contributed by atoms with Gasteiger partial charge in [0.25, 0.3) is 0 Å². The lowest BCUT2D eigenvalue weighted by atomic mass is 10.3. The Labute approximate surface area is 105 Å². The van der Waals surface area contributed by atoms with Crippen molar-refractivity contribution in [3.63, 3.8) is 0 Å². The minimum atomic E-state index is 0.107. The van der Waals surface area contributed by atoms with Crippen molar-refractivity contribution in [2.24, 2.45) is 0 Å². The first kappa shape index (κ1) is 15.1. The van der Waals surface area contributed by atoms with E-state index in [0.29, 0.717) is 6.61 Å². The molecule has 0 bridgehead atoms. The van der Waals surface area contributed by atoms with Crippen LogP contribution in [0.4, 0.5) is 5.82 Å². The summed E-state index contributed by atoms with van der Waals surface area (Å²) in [7, 11) is 1.79. The van der Waals surface area contributed by atoms with Crippen LogP contribution in [0.1, 0.15) is 19.4 Å². The second-order valence-electron chi connectivity index (χ2n) is 2.59. The third-order valence-corrected chi connectivity index (χ3v) is 2.05. The van der Waals surface area contributed by atoms with Crippen molar-refractivity contribution in [1.29, 1.82) is 0 Å². The van der Waals surface area contributed by atoms with Gasteiger partial charge in [-0.25, -0.2) is 4.98 Å². The zero-order valence-electron chi connectivity index (χ0n) is 9.79. The molecule has 1 heterocycles. The summed E-state index contributed by atoms with van der Waals surface area (Å²) < 4.78 is 5.99. The molecule has 0 amide bonds. The highest BCUT2D eigenvalue weighted by molar-refractivity contribution is 9.10. The smallest absolute Gasteiger partial charge is 0.145 e. The van der Waals surface area contributed by atoms with Gasteiger partial charge in [0, 0.05) is 23.3 Å². The lowest BCUT2D eigenvalue weighted by Crippen LogP contribution is -2.02. The maximum absolute atomic E-state index is 10.1. The van der Waals surface area contributed by atoms with Gasteiger partial charge in [-0.15, -0.1) is 0 Å². The number of anilines is 1. The van der Waals surface area contributed by atoms with Crippen LogP contribution in [0.25, 0.3) is 0 Å². The SMILES string of the molecule is CC.CNc1ncc(Br)cc1COCC=O. The average molecular weight is 289 g/mol. The number of hydrogen-bond acceptors (Lipinski definition) is 4. The predicted octanol–water partition coefficient (Wildman–Crippen LogP) is 2.63. The number of aldehydes is 1. The van der Waals surface area contributed by atoms with E-state index in [0.717, 1.165) is 22.1 Å². The lowest BCUT2D eigenvalue weighted by molar-refractivity contribution is -0.112. The van der Waals surface area contributed by atoms with Gasteiger partial charge in [-0.1, -0.05) is 13.8 Å². The van der Waals surface area contributed by atoms with Crippen molar-refractivity contribution < 1.29 is 9.53 Å². The quantitative estimate of drug-likeness (QED) is 0.668. The van der Waals surface area contributed by atoms with Gasteiger partial charge in [-0.05, 0) is 22.0 Å². The van der Waals surface area contributed by atoms with Crippen LogP contribution in [0.3, 0.4) is 0 Å². The Morgan fingerprint density at radius 3 is 2.81 bits per heavy atom. The van der Waals surface area contributed by atoms with Gasteiger partial charge < -0.3 is 14.8 Å². The minimum Gasteiger partial charge on any atom is -0.373 e. The molecule has 1 aromatic rings. The van der Waals surface area contributed by atoms with Crippen molar-refractivity contribution in [3.8, 4) is 0 Å². The summed E-state index contributed by atoms with van der Waals surface area (Å²) in [5.74, 6) is 0.763. The molecule has 5 heteroatoms. The Kier molecular flexibility index (Phi) is 8.75. The molecule has 0 unspecified atom stereocenters. The van der Waals surface area contributed by atoms with E-state index in [1.165, 1.54) is 0 Å². The molecule has 0 aromatic carbocycles. The molecule has 0 fully saturated rings. The monoisotopic (exact) mass is 288 g/mol. The topological polar surface area (TPSA) is 51.2 Å². The fourth-order valence-corrected chi connectivity index (χ4v) is 1.41. The molecule has 4 nitrogen and oxygen atoms in total. The highest BCUT2D eigenvalue weighted by atomic mass is 79.9. The summed E-state index contributed by atoms with van der Waals surface area (Å²) in [5, 5.41) is 2.95. The summed E-state index contributed by atoms with van der Waals surface area (Å²) in [6.07, 6.45) is 2.43. The van der Waals surface area contributed by atoms with Gasteiger partial charge in [0.1, 0.15) is 18.7 Å². The maximum atomic E-state index is 10.1. The van der Waals surface area contributed by atoms with Crippen LogP contribution in [-0.2, 0) is 16.1 Å². The molecule has 0 radical (unpaired) electrons. The van der Waals surface area contributed by atoms with E-state index >= 15 is 0 Å². The van der Waals surface area contributed by atoms with E-state index in [2.05, 4.69) is 26.2 Å². The number of ether oxygens (including phenoxy) is 1. The van der Waals surface area contributed by atoms with Crippen molar-refractivity contribution in [2.75, 3.05) is 19.0 Å². The Balaban J connectivity index is 0.00000106. The number of carbonyl (C=O) groups excluding carboxylic acids is 1. The number of pyridine rings is 1. The molecule has 0 aliphatic rings. The van der Waals surface area contributed by atoms with Gasteiger partial charge in [0.2, 0.25) is 0 Å². The van der Waals surface area contributed by atoms with Gasteiger partial charge in [-0.3, -0.25) is 0 Å². The zero-order chi connectivity index (χ0) is 12.4. The summed E-state index contributed by atoms with van der Waals surface area (Å²) in [6, 6.07) is 1.91. The first-order valence-electron chi connectivity index (χ1n) is 5.11. The van der Waals surface area contributed by atoms with Gasteiger partial charge in [0.15, 0.2) is 0 Å². The first-order chi connectivity index (χ1) is 7.77. The van der Waals surface area contributed by atoms with Crippen molar-refractivity contribution in [3.05, 3.63) is 22.3 Å². The third kappa shape index (κ3) is 5.23. The van der Waals surface area contributed by atoms with Gasteiger partial charge in [-0.2, -0.15) is 0 Å². The molecule has 0 aliphatic heterocycles. The third-order valence-electron chi connectivity index (χ3n) is 1.61. The van der Waals surface area contributed by atoms with Crippen LogP contribution >= 0.6 is 15.9 Å². The molecule has 16 heavy (non-hydrogen) atoms. The summed E-state index contributed by atoms with van der Waals surface area (Å²) in [5.41, 5.74) is 0.920. The molecule has 0 atom stereocenters. The number of carbonyl (C=O) groups is 1. The Morgan fingerprint density at radius 1 is 1.56 bits per heavy atom. The highest BCUT2D eigenvalue weighted by Gasteiger charge is 2.03. The number of nitrogens with one attached hydrogen (secondary N) is 1. The van der Waals surface area contributed by atoms with Gasteiger partial charge in [0.05, 0.1) is 6.61 Å². The number of hydrogen-bond donors (Lipinski definition) is 1. The van der Waals surface area contributed by atoms with Crippen molar-refractivity contribution in [1.82, 2.24) is 4.98 Å². The minimum absolute atomic E-state index is 0.107. The predicted molar refractivity (Wildman–Crippen MR) is 68.6 cm³/mol. The fourth-order valence-electron chi connectivity index (χ4n) is 1.03. The standard InChI is InChI=1S/C9H11BrN2O2.C2H6/c1-11-9-7(6-14-3-2-13)4-8(10)5-12-9;1-2/h2,4-5H,3,6H2,1H3,(H,11,12);1-2H3. The number of rotatable bonds is 5. The van der Waals surface area contributed by atoms with Crippen molar-refractivity contribution in [2.45, 2.75) is 20.5 Å². The molecule has 1 N–H and O–H groups in total. The number of halogens is 1. The first-order valence-corrected chi connectivity index (χ1v) is 5.90. The zero-order valence-corrected chi connectivity index (χ0v) is 11.4. The molecule has 1 rings (SSSR count). The molecule has 90 valence electrons. The Hall–Kier alpha value is -0.940. The van der Waals surface area contributed by atoms with E-state index in [-0.39, 0.29) is 6.61 Å². The fraction of sp³-hybridized carbons (Fsp3) is 0.455. The number of aromatic nitrogens is 1. The van der Waals surface area contributed by atoms with E-state index in [9.17, 15) is 4.79 Å². The van der Waals surface area contributed by atoms with Crippen LogP contribution in [0.5, 0.6) is 0 Å². The average Bonchev–Trinajstić information content (AvgIpc) is 2.32. The van der Waals surface area contributed by atoms with E-state index in [1.54, 1.807) is 13.2 Å². The Morgan fingerprint density at radius 2 is 2.25 bits per heavy atom. The van der Waals surface area contributed by atoms with E-state index in [4.69, 9.17) is 4.74 Å².